The van der Waals surface area contributed by atoms with Crippen LogP contribution in [-0.2, 0) is 13.1 Å². The van der Waals surface area contributed by atoms with Gasteiger partial charge in [-0.1, -0.05) is 24.3 Å². The molecule has 1 fully saturated rings. The molecular weight excluding hydrogens is 246 g/mol. The van der Waals surface area contributed by atoms with Gasteiger partial charge in [0.15, 0.2) is 0 Å². The first kappa shape index (κ1) is 14.1. The third-order valence-corrected chi connectivity index (χ3v) is 4.74. The molecule has 3 aliphatic heterocycles. The maximum absolute atomic E-state index is 3.58. The first-order valence-corrected chi connectivity index (χ1v) is 8.21. The van der Waals surface area contributed by atoms with E-state index in [4.69, 9.17) is 0 Å². The highest BCUT2D eigenvalue weighted by Gasteiger charge is 2.29. The molecule has 3 aliphatic rings. The molecule has 0 aliphatic carbocycles. The van der Waals surface area contributed by atoms with Crippen LogP contribution in [0, 0.1) is 0 Å². The third-order valence-electron chi connectivity index (χ3n) is 4.74. The predicted molar refractivity (Wildman–Crippen MR) is 83.4 cm³/mol. The predicted octanol–water partition coefficient (Wildman–Crippen LogP) is 1.88. The summed E-state index contributed by atoms with van der Waals surface area (Å²) < 4.78 is 1.26. The second-order valence-electron chi connectivity index (χ2n) is 6.48. The third kappa shape index (κ3) is 3.60. The van der Waals surface area contributed by atoms with Gasteiger partial charge in [0, 0.05) is 37.1 Å². The van der Waals surface area contributed by atoms with Gasteiger partial charge in [-0.3, -0.25) is 0 Å². The van der Waals surface area contributed by atoms with E-state index in [1.165, 1.54) is 74.1 Å². The second kappa shape index (κ2) is 6.70. The monoisotopic (exact) mass is 274 g/mol. The van der Waals surface area contributed by atoms with Gasteiger partial charge in [-0.15, -0.1) is 0 Å². The fourth-order valence-electron chi connectivity index (χ4n) is 3.68. The normalized spacial score (nSPS) is 23.8. The Kier molecular flexibility index (Phi) is 4.71. The standard InChI is InChI=1S/C17H28N3/c1-8-18-10-2-12-20(13-3-11-19-9-1)14-16-4-5-17(15-20)7-6-16/h4-7,18-19H,1-3,8-15H2/q+1. The van der Waals surface area contributed by atoms with Crippen LogP contribution in [0.5, 0.6) is 0 Å². The first-order valence-electron chi connectivity index (χ1n) is 8.21. The molecule has 0 saturated carbocycles. The van der Waals surface area contributed by atoms with Crippen LogP contribution in [0.4, 0.5) is 0 Å². The lowest BCUT2D eigenvalue weighted by Gasteiger charge is -2.38. The van der Waals surface area contributed by atoms with Gasteiger partial charge in [-0.2, -0.15) is 0 Å². The van der Waals surface area contributed by atoms with E-state index in [1.54, 1.807) is 0 Å². The molecule has 0 atom stereocenters. The van der Waals surface area contributed by atoms with Crippen LogP contribution in [0.2, 0.25) is 0 Å². The highest BCUT2D eigenvalue weighted by atomic mass is 15.4. The Hall–Kier alpha value is -0.900. The maximum atomic E-state index is 3.58. The molecule has 2 N–H and O–H groups in total. The van der Waals surface area contributed by atoms with E-state index in [2.05, 4.69) is 34.9 Å². The van der Waals surface area contributed by atoms with Gasteiger partial charge in [0.2, 0.25) is 0 Å². The summed E-state index contributed by atoms with van der Waals surface area (Å²) in [6, 6.07) is 9.31. The minimum absolute atomic E-state index is 1.16. The SMILES string of the molecule is c1cc2ccc1C[N+]1(CCCNCCCNCCC1)C2. The molecule has 1 aromatic carbocycles. The minimum atomic E-state index is 1.16. The summed E-state index contributed by atoms with van der Waals surface area (Å²) in [4.78, 5) is 0. The Morgan fingerprint density at radius 1 is 0.650 bits per heavy atom. The first-order chi connectivity index (χ1) is 9.86. The van der Waals surface area contributed by atoms with Crippen LogP contribution in [0.15, 0.2) is 24.3 Å². The molecule has 1 aromatic rings. The molecule has 0 unspecified atom stereocenters. The van der Waals surface area contributed by atoms with Crippen molar-refractivity contribution >= 4 is 0 Å². The van der Waals surface area contributed by atoms with E-state index in [9.17, 15) is 0 Å². The molecule has 0 amide bonds. The Bertz CT molecular complexity index is 374. The van der Waals surface area contributed by atoms with Crippen molar-refractivity contribution in [3.63, 3.8) is 0 Å². The zero-order chi connectivity index (χ0) is 13.7. The number of nitrogens with one attached hydrogen (secondary N) is 2. The number of hydrogen-bond acceptors (Lipinski definition) is 2. The van der Waals surface area contributed by atoms with Crippen molar-refractivity contribution in [2.45, 2.75) is 32.4 Å². The van der Waals surface area contributed by atoms with Gasteiger partial charge in [0.25, 0.3) is 0 Å². The summed E-state index contributed by atoms with van der Waals surface area (Å²) in [6.45, 7) is 9.71. The van der Waals surface area contributed by atoms with Crippen LogP contribution in [0.3, 0.4) is 0 Å². The highest BCUT2D eigenvalue weighted by Crippen LogP contribution is 2.25. The smallest absolute Gasteiger partial charge is 0.105 e. The van der Waals surface area contributed by atoms with Crippen molar-refractivity contribution in [1.82, 2.24) is 10.6 Å². The lowest BCUT2D eigenvalue weighted by atomic mass is 10.2. The minimum Gasteiger partial charge on any atom is -0.316 e. The van der Waals surface area contributed by atoms with Gasteiger partial charge in [0.05, 0.1) is 13.1 Å². The van der Waals surface area contributed by atoms with Crippen molar-refractivity contribution in [2.24, 2.45) is 0 Å². The van der Waals surface area contributed by atoms with E-state index in [0.717, 1.165) is 13.1 Å². The largest absolute Gasteiger partial charge is 0.316 e. The average molecular weight is 274 g/mol. The van der Waals surface area contributed by atoms with Crippen molar-refractivity contribution < 1.29 is 4.48 Å². The van der Waals surface area contributed by atoms with Crippen molar-refractivity contribution in [2.75, 3.05) is 39.3 Å². The molecular formula is C17H28N3+. The van der Waals surface area contributed by atoms with Gasteiger partial charge in [-0.05, 0) is 19.5 Å². The quantitative estimate of drug-likeness (QED) is 0.706. The molecule has 1 spiro atoms. The summed E-state index contributed by atoms with van der Waals surface area (Å²) in [5, 5.41) is 7.17. The van der Waals surface area contributed by atoms with Crippen LogP contribution in [0.25, 0.3) is 0 Å². The fourth-order valence-corrected chi connectivity index (χ4v) is 3.68. The molecule has 3 nitrogen and oxygen atoms in total. The topological polar surface area (TPSA) is 24.1 Å². The number of benzene rings is 1. The van der Waals surface area contributed by atoms with Gasteiger partial charge < -0.3 is 15.1 Å². The Morgan fingerprint density at radius 2 is 1.10 bits per heavy atom. The van der Waals surface area contributed by atoms with Crippen LogP contribution >= 0.6 is 0 Å². The summed E-state index contributed by atoms with van der Waals surface area (Å²) in [7, 11) is 0. The van der Waals surface area contributed by atoms with E-state index < -0.39 is 0 Å². The van der Waals surface area contributed by atoms with E-state index in [-0.39, 0.29) is 0 Å². The number of fused-ring (bicyclic) bond motifs is 2. The zero-order valence-electron chi connectivity index (χ0n) is 12.5. The van der Waals surface area contributed by atoms with Gasteiger partial charge in [0.1, 0.15) is 13.1 Å². The summed E-state index contributed by atoms with van der Waals surface area (Å²) in [5.74, 6) is 0. The van der Waals surface area contributed by atoms with Crippen molar-refractivity contribution in [3.05, 3.63) is 35.4 Å². The van der Waals surface area contributed by atoms with Gasteiger partial charge in [-0.25, -0.2) is 0 Å². The van der Waals surface area contributed by atoms with Crippen molar-refractivity contribution in [1.29, 1.82) is 0 Å². The summed E-state index contributed by atoms with van der Waals surface area (Å²) >= 11 is 0. The molecule has 110 valence electrons. The number of nitrogens with zero attached hydrogens (tertiary/aromatic N) is 1. The van der Waals surface area contributed by atoms with E-state index >= 15 is 0 Å². The number of rotatable bonds is 0. The molecule has 20 heavy (non-hydrogen) atoms. The summed E-state index contributed by atoms with van der Waals surface area (Å²) in [6.07, 6.45) is 3.85. The van der Waals surface area contributed by atoms with E-state index in [1.807, 2.05) is 0 Å². The van der Waals surface area contributed by atoms with E-state index in [0.29, 0.717) is 0 Å². The molecule has 1 saturated heterocycles. The molecule has 0 aromatic heterocycles. The lowest BCUT2D eigenvalue weighted by molar-refractivity contribution is -0.953. The van der Waals surface area contributed by atoms with Crippen molar-refractivity contribution in [3.8, 4) is 0 Å². The molecule has 2 bridgehead atoms. The molecule has 0 radical (unpaired) electrons. The second-order valence-corrected chi connectivity index (χ2v) is 6.48. The molecule has 3 heteroatoms. The molecule has 4 rings (SSSR count). The number of quaternary nitrogens is 1. The fraction of sp³-hybridized carbons (Fsp3) is 0.647. The van der Waals surface area contributed by atoms with Crippen LogP contribution < -0.4 is 10.6 Å². The Morgan fingerprint density at radius 3 is 1.60 bits per heavy atom. The maximum Gasteiger partial charge on any atom is 0.105 e. The summed E-state index contributed by atoms with van der Waals surface area (Å²) in [5.41, 5.74) is 3.03. The number of hydrogen-bond donors (Lipinski definition) is 2. The highest BCUT2D eigenvalue weighted by molar-refractivity contribution is 5.23. The zero-order valence-corrected chi connectivity index (χ0v) is 12.5. The average Bonchev–Trinajstić information content (AvgIpc) is 2.72. The Labute approximate surface area is 123 Å². The van der Waals surface area contributed by atoms with Crippen LogP contribution in [-0.4, -0.2) is 43.8 Å². The Balaban J connectivity index is 1.69. The molecule has 3 heterocycles. The van der Waals surface area contributed by atoms with Gasteiger partial charge >= 0.3 is 0 Å². The van der Waals surface area contributed by atoms with Crippen LogP contribution in [0.1, 0.15) is 30.4 Å². The lowest BCUT2D eigenvalue weighted by Crippen LogP contribution is -2.48.